The van der Waals surface area contributed by atoms with E-state index in [1.807, 2.05) is 4.57 Å². The third-order valence-corrected chi connectivity index (χ3v) is 6.08. The molecule has 0 aromatic carbocycles. The summed E-state index contributed by atoms with van der Waals surface area (Å²) >= 11 is 6.37. The van der Waals surface area contributed by atoms with Gasteiger partial charge in [-0.05, 0) is 37.7 Å². The standard InChI is InChI=1S/C20H24ClF2N3O2/c21-16-5-8-24-18-17(16)15(12-26(18)11-14-2-1-9-28-14)19(27)25-10-13-3-6-20(22,23)7-4-13/h5,8,12-14H,1-4,6-7,9-11H2,(H,25,27). The SMILES string of the molecule is O=C(NCC1CCC(F)(F)CC1)c1cn(CC2CCCO2)c2nccc(Cl)c12. The van der Waals surface area contributed by atoms with Gasteiger partial charge in [0.2, 0.25) is 5.92 Å². The van der Waals surface area contributed by atoms with E-state index in [9.17, 15) is 13.6 Å². The van der Waals surface area contributed by atoms with Crippen molar-refractivity contribution in [1.82, 2.24) is 14.9 Å². The molecule has 28 heavy (non-hydrogen) atoms. The van der Waals surface area contributed by atoms with Crippen molar-refractivity contribution < 1.29 is 18.3 Å². The van der Waals surface area contributed by atoms with Crippen LogP contribution in [0.1, 0.15) is 48.9 Å². The van der Waals surface area contributed by atoms with Gasteiger partial charge in [-0.3, -0.25) is 4.79 Å². The van der Waals surface area contributed by atoms with E-state index in [1.165, 1.54) is 0 Å². The number of carbonyl (C=O) groups is 1. The minimum absolute atomic E-state index is 0.0809. The van der Waals surface area contributed by atoms with Crippen molar-refractivity contribution in [2.45, 2.75) is 57.1 Å². The number of carbonyl (C=O) groups excluding carboxylic acids is 1. The van der Waals surface area contributed by atoms with Crippen molar-refractivity contribution in [2.75, 3.05) is 13.2 Å². The highest BCUT2D eigenvalue weighted by Crippen LogP contribution is 2.36. The van der Waals surface area contributed by atoms with Gasteiger partial charge in [0.05, 0.1) is 28.6 Å². The van der Waals surface area contributed by atoms with Gasteiger partial charge in [0.15, 0.2) is 0 Å². The first-order valence-corrected chi connectivity index (χ1v) is 10.2. The number of nitrogens with zero attached hydrogens (tertiary/aromatic N) is 2. The average molecular weight is 412 g/mol. The molecule has 1 unspecified atom stereocenters. The molecule has 0 radical (unpaired) electrons. The van der Waals surface area contributed by atoms with Gasteiger partial charge in [-0.2, -0.15) is 0 Å². The lowest BCUT2D eigenvalue weighted by molar-refractivity contribution is -0.0452. The number of amides is 1. The predicted molar refractivity (Wildman–Crippen MR) is 103 cm³/mol. The van der Waals surface area contributed by atoms with Crippen LogP contribution in [0.25, 0.3) is 11.0 Å². The molecule has 2 aromatic rings. The van der Waals surface area contributed by atoms with Crippen molar-refractivity contribution in [2.24, 2.45) is 5.92 Å². The lowest BCUT2D eigenvalue weighted by Gasteiger charge is -2.28. The number of aromatic nitrogens is 2. The largest absolute Gasteiger partial charge is 0.376 e. The lowest BCUT2D eigenvalue weighted by atomic mass is 9.87. The van der Waals surface area contributed by atoms with Crippen LogP contribution in [0, 0.1) is 5.92 Å². The molecule has 4 rings (SSSR count). The normalized spacial score (nSPS) is 22.6. The summed E-state index contributed by atoms with van der Waals surface area (Å²) in [5.41, 5.74) is 1.12. The van der Waals surface area contributed by atoms with E-state index >= 15 is 0 Å². The molecule has 1 atom stereocenters. The molecule has 8 heteroatoms. The summed E-state index contributed by atoms with van der Waals surface area (Å²) in [6.07, 6.45) is 6.16. The molecule has 1 amide bonds. The minimum Gasteiger partial charge on any atom is -0.376 e. The zero-order valence-electron chi connectivity index (χ0n) is 15.6. The van der Waals surface area contributed by atoms with Gasteiger partial charge in [0.1, 0.15) is 5.65 Å². The molecular weight excluding hydrogens is 388 g/mol. The zero-order chi connectivity index (χ0) is 19.7. The zero-order valence-corrected chi connectivity index (χ0v) is 16.4. The lowest BCUT2D eigenvalue weighted by Crippen LogP contribution is -2.33. The van der Waals surface area contributed by atoms with Crippen LogP contribution < -0.4 is 5.32 Å². The van der Waals surface area contributed by atoms with Crippen molar-refractivity contribution in [3.05, 3.63) is 29.0 Å². The third-order valence-electron chi connectivity index (χ3n) is 5.76. The third kappa shape index (κ3) is 4.15. The van der Waals surface area contributed by atoms with E-state index in [1.54, 1.807) is 18.5 Å². The van der Waals surface area contributed by atoms with Crippen molar-refractivity contribution in [3.63, 3.8) is 0 Å². The predicted octanol–water partition coefficient (Wildman–Crippen LogP) is 4.42. The summed E-state index contributed by atoms with van der Waals surface area (Å²) in [7, 11) is 0. The maximum Gasteiger partial charge on any atom is 0.253 e. The molecule has 2 aliphatic rings. The van der Waals surface area contributed by atoms with Gasteiger partial charge in [-0.25, -0.2) is 13.8 Å². The first-order chi connectivity index (χ1) is 13.4. The molecule has 1 aliphatic heterocycles. The Balaban J connectivity index is 1.50. The highest BCUT2D eigenvalue weighted by molar-refractivity contribution is 6.36. The summed E-state index contributed by atoms with van der Waals surface area (Å²) < 4.78 is 34.2. The number of hydrogen-bond donors (Lipinski definition) is 1. The van der Waals surface area contributed by atoms with Gasteiger partial charge < -0.3 is 14.6 Å². The molecule has 1 saturated carbocycles. The van der Waals surface area contributed by atoms with Crippen LogP contribution in [-0.4, -0.2) is 40.6 Å². The fourth-order valence-corrected chi connectivity index (χ4v) is 4.37. The Morgan fingerprint density at radius 2 is 2.14 bits per heavy atom. The molecule has 0 spiro atoms. The number of halogens is 3. The van der Waals surface area contributed by atoms with Crippen LogP contribution in [0.4, 0.5) is 8.78 Å². The van der Waals surface area contributed by atoms with E-state index in [0.717, 1.165) is 19.4 Å². The fraction of sp³-hybridized carbons (Fsp3) is 0.600. The number of ether oxygens (including phenoxy) is 1. The summed E-state index contributed by atoms with van der Waals surface area (Å²) in [4.78, 5) is 17.3. The van der Waals surface area contributed by atoms with E-state index in [2.05, 4.69) is 10.3 Å². The second kappa shape index (κ2) is 7.95. The van der Waals surface area contributed by atoms with Gasteiger partial charge >= 0.3 is 0 Å². The van der Waals surface area contributed by atoms with Crippen LogP contribution in [0.3, 0.4) is 0 Å². The van der Waals surface area contributed by atoms with Gasteiger partial charge in [-0.1, -0.05) is 11.6 Å². The van der Waals surface area contributed by atoms with Crippen molar-refractivity contribution in [1.29, 1.82) is 0 Å². The van der Waals surface area contributed by atoms with Gasteiger partial charge in [0.25, 0.3) is 5.91 Å². The molecule has 1 aliphatic carbocycles. The number of nitrogens with one attached hydrogen (secondary N) is 1. The number of rotatable bonds is 5. The molecule has 2 fully saturated rings. The average Bonchev–Trinajstić information content (AvgIpc) is 3.30. The maximum absolute atomic E-state index is 13.3. The van der Waals surface area contributed by atoms with Crippen LogP contribution in [-0.2, 0) is 11.3 Å². The first kappa shape index (κ1) is 19.6. The highest BCUT2D eigenvalue weighted by atomic mass is 35.5. The Labute approximate surface area is 167 Å². The Kier molecular flexibility index (Phi) is 5.56. The summed E-state index contributed by atoms with van der Waals surface area (Å²) in [5.74, 6) is -2.73. The maximum atomic E-state index is 13.3. The molecule has 152 valence electrons. The van der Waals surface area contributed by atoms with Crippen molar-refractivity contribution >= 4 is 28.5 Å². The Hall–Kier alpha value is -1.73. The highest BCUT2D eigenvalue weighted by Gasteiger charge is 2.35. The van der Waals surface area contributed by atoms with E-state index in [4.69, 9.17) is 16.3 Å². The fourth-order valence-electron chi connectivity index (χ4n) is 4.13. The van der Waals surface area contributed by atoms with E-state index in [0.29, 0.717) is 47.6 Å². The smallest absolute Gasteiger partial charge is 0.253 e. The summed E-state index contributed by atoms with van der Waals surface area (Å²) in [6, 6.07) is 1.67. The minimum atomic E-state index is -2.56. The molecule has 2 aromatic heterocycles. The van der Waals surface area contributed by atoms with Gasteiger partial charge in [-0.15, -0.1) is 0 Å². The van der Waals surface area contributed by atoms with E-state index in [-0.39, 0.29) is 30.8 Å². The second-order valence-corrected chi connectivity index (χ2v) is 8.24. The van der Waals surface area contributed by atoms with Crippen LogP contribution >= 0.6 is 11.6 Å². The molecule has 0 bridgehead atoms. The molecule has 5 nitrogen and oxygen atoms in total. The number of hydrogen-bond acceptors (Lipinski definition) is 3. The molecule has 1 saturated heterocycles. The second-order valence-electron chi connectivity index (χ2n) is 7.83. The monoisotopic (exact) mass is 411 g/mol. The van der Waals surface area contributed by atoms with Crippen LogP contribution in [0.5, 0.6) is 0 Å². The summed E-state index contributed by atoms with van der Waals surface area (Å²) in [6.45, 7) is 1.77. The number of fused-ring (bicyclic) bond motifs is 1. The van der Waals surface area contributed by atoms with Crippen LogP contribution in [0.2, 0.25) is 5.02 Å². The first-order valence-electron chi connectivity index (χ1n) is 9.84. The molecular formula is C20H24ClF2N3O2. The topological polar surface area (TPSA) is 56.2 Å². The molecule has 1 N–H and O–H groups in total. The Morgan fingerprint density at radius 3 is 2.86 bits per heavy atom. The quantitative estimate of drug-likeness (QED) is 0.792. The number of pyridine rings is 1. The summed E-state index contributed by atoms with van der Waals surface area (Å²) in [5, 5.41) is 4.00. The van der Waals surface area contributed by atoms with Gasteiger partial charge in [0, 0.05) is 38.4 Å². The van der Waals surface area contributed by atoms with E-state index < -0.39 is 5.92 Å². The van der Waals surface area contributed by atoms with Crippen molar-refractivity contribution in [3.8, 4) is 0 Å². The Morgan fingerprint density at radius 1 is 1.36 bits per heavy atom. The number of alkyl halides is 2. The molecule has 3 heterocycles. The Bertz CT molecular complexity index is 854. The van der Waals surface area contributed by atoms with Crippen LogP contribution in [0.15, 0.2) is 18.5 Å².